The zero-order valence-electron chi connectivity index (χ0n) is 9.27. The van der Waals surface area contributed by atoms with Crippen molar-refractivity contribution in [2.75, 3.05) is 6.54 Å². The molecule has 1 atom stereocenters. The van der Waals surface area contributed by atoms with Gasteiger partial charge >= 0.3 is 0 Å². The first kappa shape index (κ1) is 10.7. The standard InChI is InChI=1S/C9H14N6O/c1-3-6(10-4-2)8-13-14-9(16-8)7-5-11-15-12-7/h5-6,10H,3-4H2,1-2H3,(H,11,12,15). The van der Waals surface area contributed by atoms with Crippen LogP contribution in [-0.2, 0) is 0 Å². The van der Waals surface area contributed by atoms with Crippen molar-refractivity contribution in [3.8, 4) is 11.6 Å². The van der Waals surface area contributed by atoms with Crippen molar-refractivity contribution >= 4 is 0 Å². The van der Waals surface area contributed by atoms with Crippen LogP contribution in [0.5, 0.6) is 0 Å². The summed E-state index contributed by atoms with van der Waals surface area (Å²) in [5.74, 6) is 0.974. The lowest BCUT2D eigenvalue weighted by Crippen LogP contribution is -2.20. The minimum atomic E-state index is 0.0955. The molecule has 0 aliphatic rings. The number of nitrogens with one attached hydrogen (secondary N) is 2. The molecule has 0 aliphatic carbocycles. The highest BCUT2D eigenvalue weighted by molar-refractivity contribution is 5.42. The van der Waals surface area contributed by atoms with Crippen LogP contribution in [0, 0.1) is 0 Å². The number of H-pyrrole nitrogens is 1. The van der Waals surface area contributed by atoms with Crippen LogP contribution in [0.3, 0.4) is 0 Å². The lowest BCUT2D eigenvalue weighted by molar-refractivity contribution is 0.401. The SMILES string of the molecule is CCNC(CC)c1nnc(-c2cn[nH]n2)o1. The maximum Gasteiger partial charge on any atom is 0.269 e. The number of nitrogens with zero attached hydrogens (tertiary/aromatic N) is 4. The second kappa shape index (κ2) is 4.84. The van der Waals surface area contributed by atoms with E-state index in [4.69, 9.17) is 4.42 Å². The highest BCUT2D eigenvalue weighted by Gasteiger charge is 2.17. The fourth-order valence-corrected chi connectivity index (χ4v) is 1.44. The molecular weight excluding hydrogens is 208 g/mol. The number of rotatable bonds is 5. The van der Waals surface area contributed by atoms with Crippen molar-refractivity contribution in [3.63, 3.8) is 0 Å². The van der Waals surface area contributed by atoms with Gasteiger partial charge in [0.05, 0.1) is 12.2 Å². The molecule has 2 heterocycles. The first-order chi connectivity index (χ1) is 7.85. The minimum Gasteiger partial charge on any atom is -0.417 e. The first-order valence-electron chi connectivity index (χ1n) is 5.28. The van der Waals surface area contributed by atoms with Crippen molar-refractivity contribution in [2.24, 2.45) is 0 Å². The Bertz CT molecular complexity index is 423. The van der Waals surface area contributed by atoms with Crippen LogP contribution < -0.4 is 5.32 Å². The van der Waals surface area contributed by atoms with Crippen molar-refractivity contribution < 1.29 is 4.42 Å². The molecule has 0 aliphatic heterocycles. The van der Waals surface area contributed by atoms with Gasteiger partial charge in [0.2, 0.25) is 5.89 Å². The Morgan fingerprint density at radius 2 is 2.31 bits per heavy atom. The van der Waals surface area contributed by atoms with Gasteiger partial charge in [0.1, 0.15) is 0 Å². The van der Waals surface area contributed by atoms with Crippen LogP contribution in [0.4, 0.5) is 0 Å². The summed E-state index contributed by atoms with van der Waals surface area (Å²) >= 11 is 0. The average Bonchev–Trinajstić information content (AvgIpc) is 2.95. The molecule has 0 saturated heterocycles. The molecular formula is C9H14N6O. The van der Waals surface area contributed by atoms with E-state index in [9.17, 15) is 0 Å². The summed E-state index contributed by atoms with van der Waals surface area (Å²) < 4.78 is 5.53. The van der Waals surface area contributed by atoms with E-state index < -0.39 is 0 Å². The molecule has 1 unspecified atom stereocenters. The zero-order valence-corrected chi connectivity index (χ0v) is 9.27. The van der Waals surface area contributed by atoms with Crippen LogP contribution in [0.1, 0.15) is 32.2 Å². The number of hydrogen-bond donors (Lipinski definition) is 2. The second-order valence-electron chi connectivity index (χ2n) is 3.32. The molecule has 2 rings (SSSR count). The van der Waals surface area contributed by atoms with E-state index in [0.717, 1.165) is 13.0 Å². The largest absolute Gasteiger partial charge is 0.417 e. The predicted octanol–water partition coefficient (Wildman–Crippen LogP) is 0.915. The van der Waals surface area contributed by atoms with E-state index in [1.165, 1.54) is 0 Å². The molecule has 0 spiro atoms. The Labute approximate surface area is 92.7 Å². The molecule has 7 heteroatoms. The summed E-state index contributed by atoms with van der Waals surface area (Å²) in [5.41, 5.74) is 0.560. The van der Waals surface area contributed by atoms with Gasteiger partial charge in [-0.2, -0.15) is 15.4 Å². The normalized spacial score (nSPS) is 12.9. The van der Waals surface area contributed by atoms with Crippen LogP contribution in [0.15, 0.2) is 10.6 Å². The Morgan fingerprint density at radius 1 is 1.44 bits per heavy atom. The molecule has 0 fully saturated rings. The molecule has 86 valence electrons. The summed E-state index contributed by atoms with van der Waals surface area (Å²) in [6, 6.07) is 0.0955. The van der Waals surface area contributed by atoms with Gasteiger partial charge in [0, 0.05) is 0 Å². The van der Waals surface area contributed by atoms with E-state index in [-0.39, 0.29) is 6.04 Å². The maximum atomic E-state index is 5.53. The van der Waals surface area contributed by atoms with Crippen LogP contribution in [-0.4, -0.2) is 32.2 Å². The number of aromatic amines is 1. The predicted molar refractivity (Wildman–Crippen MR) is 56.4 cm³/mol. The van der Waals surface area contributed by atoms with Gasteiger partial charge in [-0.1, -0.05) is 13.8 Å². The average molecular weight is 222 g/mol. The maximum absolute atomic E-state index is 5.53. The molecule has 2 N–H and O–H groups in total. The molecule has 2 aromatic rings. The zero-order chi connectivity index (χ0) is 11.4. The van der Waals surface area contributed by atoms with E-state index in [0.29, 0.717) is 17.5 Å². The molecule has 0 radical (unpaired) electrons. The molecule has 7 nitrogen and oxygen atoms in total. The summed E-state index contributed by atoms with van der Waals surface area (Å²) in [6.45, 7) is 4.96. The van der Waals surface area contributed by atoms with Gasteiger partial charge in [-0.3, -0.25) is 0 Å². The summed E-state index contributed by atoms with van der Waals surface area (Å²) in [6.07, 6.45) is 2.44. The number of aromatic nitrogens is 5. The molecule has 0 bridgehead atoms. The van der Waals surface area contributed by atoms with E-state index in [1.807, 2.05) is 6.92 Å². The third-order valence-corrected chi connectivity index (χ3v) is 2.23. The third kappa shape index (κ3) is 2.08. The fourth-order valence-electron chi connectivity index (χ4n) is 1.44. The van der Waals surface area contributed by atoms with Crippen molar-refractivity contribution in [2.45, 2.75) is 26.3 Å². The molecule has 2 aromatic heterocycles. The van der Waals surface area contributed by atoms with Crippen molar-refractivity contribution in [1.82, 2.24) is 30.9 Å². The van der Waals surface area contributed by atoms with Gasteiger partial charge in [-0.05, 0) is 13.0 Å². The molecule has 0 saturated carbocycles. The molecule has 0 aromatic carbocycles. The van der Waals surface area contributed by atoms with Gasteiger partial charge in [0.15, 0.2) is 5.69 Å². The molecule has 16 heavy (non-hydrogen) atoms. The Balaban J connectivity index is 2.18. The smallest absolute Gasteiger partial charge is 0.269 e. The second-order valence-corrected chi connectivity index (χ2v) is 3.32. The first-order valence-corrected chi connectivity index (χ1v) is 5.28. The highest BCUT2D eigenvalue weighted by Crippen LogP contribution is 2.19. The van der Waals surface area contributed by atoms with Crippen LogP contribution in [0.25, 0.3) is 11.6 Å². The molecule has 0 amide bonds. The lowest BCUT2D eigenvalue weighted by Gasteiger charge is -2.09. The quantitative estimate of drug-likeness (QED) is 0.781. The highest BCUT2D eigenvalue weighted by atomic mass is 16.4. The van der Waals surface area contributed by atoms with Gasteiger partial charge in [-0.25, -0.2) is 0 Å². The summed E-state index contributed by atoms with van der Waals surface area (Å²) in [7, 11) is 0. The van der Waals surface area contributed by atoms with Gasteiger partial charge < -0.3 is 9.73 Å². The summed E-state index contributed by atoms with van der Waals surface area (Å²) in [5, 5.41) is 21.3. The van der Waals surface area contributed by atoms with Crippen molar-refractivity contribution in [1.29, 1.82) is 0 Å². The number of hydrogen-bond acceptors (Lipinski definition) is 6. The lowest BCUT2D eigenvalue weighted by atomic mass is 10.2. The van der Waals surface area contributed by atoms with Crippen LogP contribution in [0.2, 0.25) is 0 Å². The topological polar surface area (TPSA) is 92.5 Å². The van der Waals surface area contributed by atoms with Crippen LogP contribution >= 0.6 is 0 Å². The minimum absolute atomic E-state index is 0.0955. The third-order valence-electron chi connectivity index (χ3n) is 2.23. The van der Waals surface area contributed by atoms with Gasteiger partial charge in [0.25, 0.3) is 5.89 Å². The van der Waals surface area contributed by atoms with E-state index >= 15 is 0 Å². The van der Waals surface area contributed by atoms with E-state index in [1.54, 1.807) is 6.20 Å². The fraction of sp³-hybridized carbons (Fsp3) is 0.556. The Kier molecular flexibility index (Phi) is 3.25. The monoisotopic (exact) mass is 222 g/mol. The Hall–Kier alpha value is -1.76. The van der Waals surface area contributed by atoms with Crippen molar-refractivity contribution in [3.05, 3.63) is 12.1 Å². The summed E-state index contributed by atoms with van der Waals surface area (Å²) in [4.78, 5) is 0. The van der Waals surface area contributed by atoms with Gasteiger partial charge in [-0.15, -0.1) is 10.2 Å². The Morgan fingerprint density at radius 3 is 2.94 bits per heavy atom. The van der Waals surface area contributed by atoms with E-state index in [2.05, 4.69) is 37.8 Å².